The van der Waals surface area contributed by atoms with Crippen molar-refractivity contribution in [1.82, 2.24) is 40.5 Å². The lowest BCUT2D eigenvalue weighted by atomic mass is 9.95. The van der Waals surface area contributed by atoms with Crippen LogP contribution in [0.3, 0.4) is 0 Å². The van der Waals surface area contributed by atoms with E-state index in [0.717, 1.165) is 49.6 Å². The lowest BCUT2D eigenvalue weighted by Crippen LogP contribution is -2.44. The number of hydrogen-bond donors (Lipinski definition) is 2. The molecule has 0 bridgehead atoms. The molecule has 0 aliphatic carbocycles. The molecule has 0 saturated carbocycles. The van der Waals surface area contributed by atoms with Crippen molar-refractivity contribution in [2.75, 3.05) is 33.9 Å². The third kappa shape index (κ3) is 8.22. The van der Waals surface area contributed by atoms with Crippen LogP contribution in [-0.4, -0.2) is 69.7 Å². The van der Waals surface area contributed by atoms with Crippen LogP contribution in [0.4, 0.5) is 0 Å². The smallest absolute Gasteiger partial charge is 0.237 e. The van der Waals surface area contributed by atoms with E-state index >= 15 is 0 Å². The number of rotatable bonds is 14. The van der Waals surface area contributed by atoms with Crippen molar-refractivity contribution in [2.24, 2.45) is 0 Å². The molecule has 50 heavy (non-hydrogen) atoms. The molecule has 1 atom stereocenters. The summed E-state index contributed by atoms with van der Waals surface area (Å²) in [5.74, 6) is 1.29. The zero-order valence-electron chi connectivity index (χ0n) is 28.2. The zero-order chi connectivity index (χ0) is 35.0. The number of pyridine rings is 1. The number of ether oxygens (including phenoxy) is 2. The SMILES string of the molecule is C=C/C=C(\C(Cl)=C\c1cnc(CNC[C@@H]2CCC(=C)N2)c(OC)n1)c1cccc(-c2cnc(CN3CC(c4ccccn4)C3)c(OC)n2)c1Cl. The average molecular weight is 712 g/mol. The van der Waals surface area contributed by atoms with Crippen LogP contribution >= 0.6 is 23.2 Å². The molecule has 2 aliphatic heterocycles. The molecular weight excluding hydrogens is 671 g/mol. The predicted molar refractivity (Wildman–Crippen MR) is 199 cm³/mol. The van der Waals surface area contributed by atoms with E-state index in [0.29, 0.717) is 80.6 Å². The van der Waals surface area contributed by atoms with Gasteiger partial charge < -0.3 is 20.1 Å². The summed E-state index contributed by atoms with van der Waals surface area (Å²) in [6, 6.07) is 12.1. The number of hydrogen-bond acceptors (Lipinski definition) is 10. The zero-order valence-corrected chi connectivity index (χ0v) is 29.7. The summed E-state index contributed by atoms with van der Waals surface area (Å²) in [4.78, 5) is 25.6. The van der Waals surface area contributed by atoms with E-state index < -0.39 is 0 Å². The predicted octanol–water partition coefficient (Wildman–Crippen LogP) is 6.80. The minimum Gasteiger partial charge on any atom is -0.480 e. The third-order valence-electron chi connectivity index (χ3n) is 8.73. The maximum atomic E-state index is 7.07. The molecule has 0 spiro atoms. The van der Waals surface area contributed by atoms with Gasteiger partial charge in [-0.25, -0.2) is 9.97 Å². The van der Waals surface area contributed by atoms with Gasteiger partial charge in [-0.15, -0.1) is 0 Å². The summed E-state index contributed by atoms with van der Waals surface area (Å²) >= 11 is 14.0. The quantitative estimate of drug-likeness (QED) is 0.136. The van der Waals surface area contributed by atoms with Crippen molar-refractivity contribution in [2.45, 2.75) is 37.9 Å². The summed E-state index contributed by atoms with van der Waals surface area (Å²) in [5.41, 5.74) is 6.81. The Labute approximate surface area is 303 Å². The molecule has 4 aromatic rings. The number of allylic oxidation sites excluding steroid dienone is 5. The third-order valence-corrected chi connectivity index (χ3v) is 9.45. The molecule has 3 aromatic heterocycles. The first-order chi connectivity index (χ1) is 24.4. The molecule has 2 fully saturated rings. The van der Waals surface area contributed by atoms with Crippen LogP contribution in [0.5, 0.6) is 11.8 Å². The van der Waals surface area contributed by atoms with Gasteiger partial charge in [0.1, 0.15) is 11.4 Å². The number of nitrogens with zero attached hydrogens (tertiary/aromatic N) is 6. The van der Waals surface area contributed by atoms with Crippen molar-refractivity contribution in [3.8, 4) is 23.0 Å². The molecular formula is C38H40Cl2N8O2. The molecule has 12 heteroatoms. The fourth-order valence-corrected chi connectivity index (χ4v) is 6.74. The van der Waals surface area contributed by atoms with E-state index in [9.17, 15) is 0 Å². The van der Waals surface area contributed by atoms with Crippen LogP contribution in [0.1, 0.15) is 47.1 Å². The Hall–Kier alpha value is -4.61. The molecule has 6 rings (SSSR count). The highest BCUT2D eigenvalue weighted by molar-refractivity contribution is 6.41. The van der Waals surface area contributed by atoms with Crippen molar-refractivity contribution >= 4 is 34.9 Å². The number of aromatic nitrogens is 5. The van der Waals surface area contributed by atoms with E-state index in [1.165, 1.54) is 0 Å². The minimum absolute atomic E-state index is 0.360. The molecule has 10 nitrogen and oxygen atoms in total. The van der Waals surface area contributed by atoms with Gasteiger partial charge in [-0.05, 0) is 31.1 Å². The van der Waals surface area contributed by atoms with Gasteiger partial charge in [-0.3, -0.25) is 19.9 Å². The first-order valence-corrected chi connectivity index (χ1v) is 17.2. The molecule has 0 amide bonds. The first kappa shape index (κ1) is 35.2. The van der Waals surface area contributed by atoms with E-state index in [4.69, 9.17) is 42.6 Å². The Bertz CT molecular complexity index is 1910. The molecule has 2 saturated heterocycles. The van der Waals surface area contributed by atoms with Gasteiger partial charge >= 0.3 is 0 Å². The highest BCUT2D eigenvalue weighted by Crippen LogP contribution is 2.38. The summed E-state index contributed by atoms with van der Waals surface area (Å²) in [5, 5.41) is 7.68. The standard InChI is InChI=1S/C38H40Cl2N8O2/c1-5-9-28(31(39)16-27-18-43-34(37(46-27)49-3)19-41-17-26-14-13-24(2)45-26)29-10-8-11-30(36(29)40)33-20-44-35(38(47-33)50-4)23-48-21-25(22-48)32-12-6-7-15-42-32/h5-12,15-16,18,20,25-26,41,45H,1-2,13-14,17,19,21-23H2,3-4H3/b28-9-,31-16-/t26-/m0/s1. The van der Waals surface area contributed by atoms with Crippen LogP contribution in [0.15, 0.2) is 91.0 Å². The Kier molecular flexibility index (Phi) is 11.6. The molecule has 2 N–H and O–H groups in total. The van der Waals surface area contributed by atoms with Crippen LogP contribution in [0.25, 0.3) is 22.9 Å². The fraction of sp³-hybridized carbons (Fsp3) is 0.289. The Morgan fingerprint density at radius 3 is 2.56 bits per heavy atom. The highest BCUT2D eigenvalue weighted by Gasteiger charge is 2.30. The topological polar surface area (TPSA) is 110 Å². The number of halogens is 2. The first-order valence-electron chi connectivity index (χ1n) is 16.4. The summed E-state index contributed by atoms with van der Waals surface area (Å²) in [6.45, 7) is 11.6. The number of nitrogens with one attached hydrogen (secondary N) is 2. The van der Waals surface area contributed by atoms with Crippen LogP contribution in [0, 0.1) is 0 Å². The average Bonchev–Trinajstić information content (AvgIpc) is 3.54. The molecule has 0 unspecified atom stereocenters. The van der Waals surface area contributed by atoms with Gasteiger partial charge in [-0.1, -0.05) is 72.8 Å². The van der Waals surface area contributed by atoms with Gasteiger partial charge in [0.05, 0.1) is 48.1 Å². The van der Waals surface area contributed by atoms with Crippen LogP contribution < -0.4 is 20.1 Å². The van der Waals surface area contributed by atoms with Gasteiger partial charge in [0.15, 0.2) is 0 Å². The summed E-state index contributed by atoms with van der Waals surface area (Å²) < 4.78 is 11.3. The van der Waals surface area contributed by atoms with Crippen LogP contribution in [-0.2, 0) is 13.1 Å². The van der Waals surface area contributed by atoms with Gasteiger partial charge in [-0.2, -0.15) is 0 Å². The number of methoxy groups -OCH3 is 2. The number of likely N-dealkylation sites (tertiary alicyclic amines) is 1. The maximum absolute atomic E-state index is 7.07. The van der Waals surface area contributed by atoms with E-state index in [1.807, 2.05) is 36.5 Å². The van der Waals surface area contributed by atoms with E-state index in [2.05, 4.69) is 49.7 Å². The fourth-order valence-electron chi connectivity index (χ4n) is 6.14. The molecule has 0 radical (unpaired) electrons. The monoisotopic (exact) mass is 710 g/mol. The normalized spacial score (nSPS) is 17.0. The Morgan fingerprint density at radius 1 is 1.04 bits per heavy atom. The van der Waals surface area contributed by atoms with E-state index in [1.54, 1.807) is 44.8 Å². The van der Waals surface area contributed by atoms with Crippen molar-refractivity contribution in [3.63, 3.8) is 0 Å². The van der Waals surface area contributed by atoms with Crippen LogP contribution in [0.2, 0.25) is 5.02 Å². The highest BCUT2D eigenvalue weighted by atomic mass is 35.5. The Balaban J connectivity index is 1.17. The maximum Gasteiger partial charge on any atom is 0.237 e. The van der Waals surface area contributed by atoms with Crippen molar-refractivity contribution in [1.29, 1.82) is 0 Å². The van der Waals surface area contributed by atoms with Gasteiger partial charge in [0.25, 0.3) is 0 Å². The van der Waals surface area contributed by atoms with Gasteiger partial charge in [0, 0.05) is 79.0 Å². The van der Waals surface area contributed by atoms with E-state index in [-0.39, 0.29) is 0 Å². The largest absolute Gasteiger partial charge is 0.480 e. The molecule has 5 heterocycles. The summed E-state index contributed by atoms with van der Waals surface area (Å²) in [7, 11) is 3.18. The minimum atomic E-state index is 0.360. The molecule has 258 valence electrons. The van der Waals surface area contributed by atoms with Gasteiger partial charge in [0.2, 0.25) is 11.8 Å². The second-order valence-electron chi connectivity index (χ2n) is 12.2. The summed E-state index contributed by atoms with van der Waals surface area (Å²) in [6.07, 6.45) is 12.5. The Morgan fingerprint density at radius 2 is 1.84 bits per heavy atom. The van der Waals surface area contributed by atoms with Crippen molar-refractivity contribution in [3.05, 3.63) is 124 Å². The second kappa shape index (κ2) is 16.4. The second-order valence-corrected chi connectivity index (χ2v) is 13.0. The lowest BCUT2D eigenvalue weighted by Gasteiger charge is -2.38. The molecule has 1 aromatic carbocycles. The van der Waals surface area contributed by atoms with Crippen molar-refractivity contribution < 1.29 is 9.47 Å². The number of benzene rings is 1. The molecule has 2 aliphatic rings. The lowest BCUT2D eigenvalue weighted by molar-refractivity contribution is 0.133.